The second-order valence-electron chi connectivity index (χ2n) is 5.08. The number of carbonyl (C=O) groups is 2. The third-order valence-electron chi connectivity index (χ3n) is 2.43. The maximum atomic E-state index is 11.7. The van der Waals surface area contributed by atoms with Crippen molar-refractivity contribution in [2.24, 2.45) is 0 Å². The second kappa shape index (κ2) is 11.6. The number of nitrogens with zero attached hydrogens (tertiary/aromatic N) is 3. The summed E-state index contributed by atoms with van der Waals surface area (Å²) >= 11 is 0. The van der Waals surface area contributed by atoms with E-state index in [-0.39, 0.29) is 5.69 Å². The topological polar surface area (TPSA) is 124 Å². The Labute approximate surface area is 172 Å². The molecule has 0 fully saturated rings. The average molecular weight is 506 g/mol. The number of aldehydes is 2. The lowest BCUT2D eigenvalue weighted by atomic mass is 10.5. The number of hydrogen-bond donors (Lipinski definition) is 1. The van der Waals surface area contributed by atoms with Crippen molar-refractivity contribution in [2.45, 2.75) is 24.4 Å². The Kier molecular flexibility index (Phi) is 10.5. The summed E-state index contributed by atoms with van der Waals surface area (Å²) in [7, 11) is -6.15. The highest BCUT2D eigenvalue weighted by Gasteiger charge is 2.49. The van der Waals surface area contributed by atoms with Gasteiger partial charge in [0, 0.05) is 12.4 Å². The van der Waals surface area contributed by atoms with Gasteiger partial charge in [-0.25, -0.2) is 0 Å². The van der Waals surface area contributed by atoms with Gasteiger partial charge in [-0.05, 0) is 12.1 Å². The third-order valence-corrected chi connectivity index (χ3v) is 3.43. The van der Waals surface area contributed by atoms with Crippen molar-refractivity contribution in [3.63, 3.8) is 0 Å². The van der Waals surface area contributed by atoms with Gasteiger partial charge in [0.25, 0.3) is 0 Å². The molecule has 0 aliphatic heterocycles. The standard InChI is InChI=1S/C6H5F3N2O.C4H4N2O.C3H2F6O3S/c7-6(8,9)4-11-2-1-5(3-12)10-11;7-3-4-1-2-5-6-4;4-2(5,6)1-12-13(10,11)3(7,8)9/h1-3H,4H2;1-3H,(H,5,6);1H2. The molecule has 0 bridgehead atoms. The van der Waals surface area contributed by atoms with E-state index in [0.29, 0.717) is 22.9 Å². The van der Waals surface area contributed by atoms with Crippen molar-refractivity contribution < 1.29 is 61.7 Å². The molecule has 2 heterocycles. The molecule has 9 nitrogen and oxygen atoms in total. The summed E-state index contributed by atoms with van der Waals surface area (Å²) in [6, 6.07) is 2.83. The fraction of sp³-hybridized carbons (Fsp3) is 0.385. The molecule has 0 aromatic carbocycles. The Balaban J connectivity index is 0.000000469. The SMILES string of the molecule is O=Cc1ccn(CC(F)(F)F)n1.O=Cc1ccn[nH]1.O=S(=O)(OCC(F)(F)F)C(F)(F)F. The molecule has 2 aromatic heterocycles. The normalized spacial score (nSPS) is 12.2. The van der Waals surface area contributed by atoms with Gasteiger partial charge in [-0.1, -0.05) is 0 Å². The minimum Gasteiger partial charge on any atom is -0.296 e. The van der Waals surface area contributed by atoms with E-state index in [1.54, 1.807) is 6.07 Å². The van der Waals surface area contributed by atoms with Crippen LogP contribution in [-0.2, 0) is 20.8 Å². The number of H-pyrrole nitrogens is 1. The van der Waals surface area contributed by atoms with E-state index in [9.17, 15) is 57.5 Å². The zero-order valence-electron chi connectivity index (χ0n) is 15.1. The number of nitrogens with one attached hydrogen (secondary N) is 1. The van der Waals surface area contributed by atoms with Crippen LogP contribution in [0.4, 0.5) is 39.5 Å². The van der Waals surface area contributed by atoms with E-state index in [1.807, 2.05) is 0 Å². The van der Waals surface area contributed by atoms with E-state index >= 15 is 0 Å². The van der Waals surface area contributed by atoms with E-state index in [4.69, 9.17) is 0 Å². The van der Waals surface area contributed by atoms with Crippen LogP contribution in [-0.4, -0.2) is 65.4 Å². The van der Waals surface area contributed by atoms with Gasteiger partial charge in [-0.15, -0.1) is 0 Å². The predicted molar refractivity (Wildman–Crippen MR) is 84.6 cm³/mol. The number of aromatic amines is 1. The number of hydrogen-bond acceptors (Lipinski definition) is 7. The van der Waals surface area contributed by atoms with E-state index in [1.165, 1.54) is 12.3 Å². The molecule has 32 heavy (non-hydrogen) atoms. The summed E-state index contributed by atoms with van der Waals surface area (Å²) in [5.74, 6) is 0. The molecular weight excluding hydrogens is 495 g/mol. The van der Waals surface area contributed by atoms with Crippen molar-refractivity contribution >= 4 is 22.7 Å². The first kappa shape index (κ1) is 29.0. The summed E-state index contributed by atoms with van der Waals surface area (Å²) in [5.41, 5.74) is -5.32. The zero-order chi connectivity index (χ0) is 25.2. The van der Waals surface area contributed by atoms with Crippen LogP contribution >= 0.6 is 0 Å². The van der Waals surface area contributed by atoms with Crippen LogP contribution in [0.3, 0.4) is 0 Å². The molecule has 0 atom stereocenters. The molecule has 182 valence electrons. The first-order valence-electron chi connectivity index (χ1n) is 7.42. The highest BCUT2D eigenvalue weighted by molar-refractivity contribution is 7.87. The Morgan fingerprint density at radius 2 is 1.56 bits per heavy atom. The van der Waals surface area contributed by atoms with Crippen LogP contribution in [0.2, 0.25) is 0 Å². The molecule has 0 radical (unpaired) electrons. The third kappa shape index (κ3) is 12.7. The van der Waals surface area contributed by atoms with Gasteiger partial charge in [0.15, 0.2) is 19.2 Å². The summed E-state index contributed by atoms with van der Waals surface area (Å²) in [5, 5.41) is 9.35. The summed E-state index contributed by atoms with van der Waals surface area (Å²) in [6.07, 6.45) is -5.68. The Morgan fingerprint density at radius 1 is 0.969 bits per heavy atom. The molecule has 0 saturated carbocycles. The monoisotopic (exact) mass is 506 g/mol. The maximum Gasteiger partial charge on any atom is 0.523 e. The van der Waals surface area contributed by atoms with Crippen molar-refractivity contribution in [1.29, 1.82) is 0 Å². The highest BCUT2D eigenvalue weighted by atomic mass is 32.2. The van der Waals surface area contributed by atoms with Crippen molar-refractivity contribution in [3.05, 3.63) is 35.9 Å². The van der Waals surface area contributed by atoms with E-state index in [0.717, 1.165) is 6.20 Å². The molecule has 19 heteroatoms. The Hall–Kier alpha value is -2.96. The van der Waals surface area contributed by atoms with Gasteiger partial charge >= 0.3 is 28.0 Å². The lowest BCUT2D eigenvalue weighted by molar-refractivity contribution is -0.156. The lowest BCUT2D eigenvalue weighted by Gasteiger charge is -2.09. The molecule has 0 aliphatic rings. The molecule has 2 rings (SSSR count). The molecule has 0 unspecified atom stereocenters. The predicted octanol–water partition coefficient (Wildman–Crippen LogP) is 2.90. The Bertz CT molecular complexity index is 934. The largest absolute Gasteiger partial charge is 0.523 e. The quantitative estimate of drug-likeness (QED) is 0.286. The van der Waals surface area contributed by atoms with Gasteiger partial charge in [0.05, 0.1) is 5.69 Å². The number of carbonyl (C=O) groups excluding carboxylic acids is 2. The van der Waals surface area contributed by atoms with Crippen LogP contribution in [0.15, 0.2) is 24.5 Å². The van der Waals surface area contributed by atoms with Crippen LogP contribution in [0.25, 0.3) is 0 Å². The van der Waals surface area contributed by atoms with Gasteiger partial charge in [0.1, 0.15) is 12.2 Å². The fourth-order valence-corrected chi connectivity index (χ4v) is 1.68. The van der Waals surface area contributed by atoms with Crippen LogP contribution in [0.5, 0.6) is 0 Å². The lowest BCUT2D eigenvalue weighted by Crippen LogP contribution is -2.29. The molecule has 2 aromatic rings. The summed E-state index contributed by atoms with van der Waals surface area (Å²) < 4.78 is 126. The van der Waals surface area contributed by atoms with Gasteiger partial charge < -0.3 is 0 Å². The first-order chi connectivity index (χ1) is 14.4. The van der Waals surface area contributed by atoms with Gasteiger partial charge in [-0.3, -0.25) is 23.6 Å². The van der Waals surface area contributed by atoms with Gasteiger partial charge in [0.2, 0.25) is 0 Å². The van der Waals surface area contributed by atoms with Crippen LogP contribution in [0, 0.1) is 0 Å². The Morgan fingerprint density at radius 3 is 1.88 bits per heavy atom. The molecule has 1 N–H and O–H groups in total. The number of alkyl halides is 9. The summed E-state index contributed by atoms with van der Waals surface area (Å²) in [4.78, 5) is 19.8. The summed E-state index contributed by atoms with van der Waals surface area (Å²) in [6.45, 7) is -3.66. The van der Waals surface area contributed by atoms with Crippen molar-refractivity contribution in [1.82, 2.24) is 20.0 Å². The van der Waals surface area contributed by atoms with Gasteiger partial charge in [-0.2, -0.15) is 58.1 Å². The number of rotatable bonds is 5. The van der Waals surface area contributed by atoms with Crippen LogP contribution < -0.4 is 0 Å². The minimum atomic E-state index is -6.15. The zero-order valence-corrected chi connectivity index (χ0v) is 15.9. The average Bonchev–Trinajstić information content (AvgIpc) is 3.29. The molecule has 0 saturated heterocycles. The van der Waals surface area contributed by atoms with Crippen molar-refractivity contribution in [2.75, 3.05) is 6.61 Å². The maximum absolute atomic E-state index is 11.7. The number of aromatic nitrogens is 4. The molecular formula is C13H11F9N4O5S. The highest BCUT2D eigenvalue weighted by Crippen LogP contribution is 2.26. The first-order valence-corrected chi connectivity index (χ1v) is 8.83. The molecule has 0 spiro atoms. The van der Waals surface area contributed by atoms with E-state index in [2.05, 4.69) is 19.5 Å². The van der Waals surface area contributed by atoms with E-state index < -0.39 is 41.1 Å². The molecule has 0 aliphatic carbocycles. The molecule has 0 amide bonds. The minimum absolute atomic E-state index is 0.000694. The van der Waals surface area contributed by atoms with Crippen LogP contribution in [0.1, 0.15) is 21.0 Å². The second-order valence-corrected chi connectivity index (χ2v) is 6.69. The fourth-order valence-electron chi connectivity index (χ4n) is 1.26. The number of halogens is 9. The smallest absolute Gasteiger partial charge is 0.296 e. The van der Waals surface area contributed by atoms with Crippen molar-refractivity contribution in [3.8, 4) is 0 Å².